The Morgan fingerprint density at radius 1 is 0.500 bits per heavy atom. The maximum atomic E-state index is 3.36. The summed E-state index contributed by atoms with van der Waals surface area (Å²) in [6, 6.07) is 0. The van der Waals surface area contributed by atoms with Crippen molar-refractivity contribution in [3.8, 4) is 0 Å². The molecule has 0 fully saturated rings. The molecule has 28 heavy (non-hydrogen) atoms. The van der Waals surface area contributed by atoms with E-state index < -0.39 is 24.2 Å². The summed E-state index contributed by atoms with van der Waals surface area (Å²) in [5, 5.41) is 4.47. The van der Waals surface area contributed by atoms with E-state index in [0.717, 1.165) is 19.3 Å². The van der Waals surface area contributed by atoms with Crippen LogP contribution in [0.15, 0.2) is 52.0 Å². The standard InChI is InChI=1S/3C8H13Si.Ce/c3*1-9(2,3)8-6-4-5-7-8;/h3*4,6H,5H2,1-3H3;/q3*-1;+3. The topological polar surface area (TPSA) is 0 Å². The van der Waals surface area contributed by atoms with Gasteiger partial charge in [0.15, 0.2) is 0 Å². The van der Waals surface area contributed by atoms with Crippen molar-refractivity contribution in [2.75, 3.05) is 0 Å². The van der Waals surface area contributed by atoms with Crippen molar-refractivity contribution in [3.05, 3.63) is 70.3 Å². The molecule has 0 saturated carbocycles. The molecule has 0 aromatic heterocycles. The zero-order valence-corrected chi connectivity index (χ0v) is 25.7. The molecule has 0 aromatic carbocycles. The van der Waals surface area contributed by atoms with E-state index in [1.54, 1.807) is 0 Å². The Kier molecular flexibility index (Phi) is 12.6. The van der Waals surface area contributed by atoms with Gasteiger partial charge in [-0.05, 0) is 0 Å². The first-order chi connectivity index (χ1) is 12.3. The van der Waals surface area contributed by atoms with Gasteiger partial charge in [0.05, 0.1) is 0 Å². The molecule has 0 aliphatic heterocycles. The van der Waals surface area contributed by atoms with Crippen LogP contribution in [0.2, 0.25) is 58.9 Å². The fraction of sp³-hybridized carbons (Fsp3) is 0.500. The Labute approximate surface area is 212 Å². The minimum atomic E-state index is -1.01. The van der Waals surface area contributed by atoms with E-state index in [0.29, 0.717) is 0 Å². The number of hydrogen-bond donors (Lipinski definition) is 0. The summed E-state index contributed by atoms with van der Waals surface area (Å²) >= 11 is 0. The summed E-state index contributed by atoms with van der Waals surface area (Å²) < 4.78 is 0. The molecule has 0 amide bonds. The Balaban J connectivity index is 0.000000384. The first kappa shape index (κ1) is 28.5. The Bertz CT molecular complexity index is 575. The van der Waals surface area contributed by atoms with Gasteiger partial charge < -0.3 is 0 Å². The summed E-state index contributed by atoms with van der Waals surface area (Å²) in [6.07, 6.45) is 26.5. The normalized spacial score (nSPS) is 17.7. The van der Waals surface area contributed by atoms with Crippen LogP contribution in [-0.4, -0.2) is 24.2 Å². The van der Waals surface area contributed by atoms with Crippen molar-refractivity contribution in [2.45, 2.75) is 78.2 Å². The van der Waals surface area contributed by atoms with Crippen molar-refractivity contribution in [1.82, 2.24) is 0 Å². The average Bonchev–Trinajstić information content (AvgIpc) is 3.28. The van der Waals surface area contributed by atoms with Crippen molar-refractivity contribution < 1.29 is 41.7 Å². The van der Waals surface area contributed by atoms with Gasteiger partial charge in [0.25, 0.3) is 0 Å². The van der Waals surface area contributed by atoms with Crippen molar-refractivity contribution in [2.24, 2.45) is 0 Å². The third kappa shape index (κ3) is 11.0. The van der Waals surface area contributed by atoms with Crippen molar-refractivity contribution in [3.63, 3.8) is 0 Å². The molecule has 0 N–H and O–H groups in total. The van der Waals surface area contributed by atoms with Gasteiger partial charge in [0, 0.05) is 24.2 Å². The fourth-order valence-corrected chi connectivity index (χ4v) is 6.51. The van der Waals surface area contributed by atoms with Crippen LogP contribution in [0.1, 0.15) is 19.3 Å². The van der Waals surface area contributed by atoms with Crippen molar-refractivity contribution in [1.29, 1.82) is 0 Å². The minimum Gasteiger partial charge on any atom is -0.274 e. The van der Waals surface area contributed by atoms with Gasteiger partial charge in [-0.1, -0.05) is 58.9 Å². The molecular formula is C24H39CeSi3. The molecule has 3 aliphatic carbocycles. The summed E-state index contributed by atoms with van der Waals surface area (Å²) in [5.41, 5.74) is 0. The molecule has 4 heteroatoms. The summed E-state index contributed by atoms with van der Waals surface area (Å²) in [6.45, 7) is 21.2. The SMILES string of the molecule is C[Si](C)(C)C1=[C-]CC=C1.C[Si](C)(C)C1=[C-]CC=C1.C[Si](C)(C)C1=[C-]CC=C1.[Ce+3]. The largest absolute Gasteiger partial charge is 3.00 e. The van der Waals surface area contributed by atoms with E-state index in [1.165, 1.54) is 15.6 Å². The maximum absolute atomic E-state index is 3.36. The van der Waals surface area contributed by atoms with E-state index >= 15 is 0 Å². The van der Waals surface area contributed by atoms with Gasteiger partial charge in [0.2, 0.25) is 0 Å². The van der Waals surface area contributed by atoms with Crippen LogP contribution >= 0.6 is 0 Å². The first-order valence-corrected chi connectivity index (χ1v) is 20.7. The molecule has 0 spiro atoms. The zero-order valence-electron chi connectivity index (χ0n) is 19.6. The maximum Gasteiger partial charge on any atom is 3.00 e. The molecule has 0 atom stereocenters. The van der Waals surface area contributed by atoms with E-state index in [4.69, 9.17) is 0 Å². The molecule has 0 nitrogen and oxygen atoms in total. The van der Waals surface area contributed by atoms with Gasteiger partial charge in [-0.2, -0.15) is 18.2 Å². The number of hydrogen-bond acceptors (Lipinski definition) is 0. The van der Waals surface area contributed by atoms with E-state index in [1.807, 2.05) is 0 Å². The monoisotopic (exact) mass is 551 g/mol. The third-order valence-corrected chi connectivity index (χ3v) is 10.4. The second-order valence-electron chi connectivity index (χ2n) is 10.3. The Hall–Kier alpha value is 0.467. The van der Waals surface area contributed by atoms with Crippen LogP contribution in [0.3, 0.4) is 0 Å². The van der Waals surface area contributed by atoms with Crippen LogP contribution in [0.4, 0.5) is 0 Å². The molecule has 151 valence electrons. The Morgan fingerprint density at radius 2 is 0.714 bits per heavy atom. The molecule has 0 aromatic rings. The quantitative estimate of drug-likeness (QED) is 0.249. The number of rotatable bonds is 3. The van der Waals surface area contributed by atoms with Gasteiger partial charge in [-0.25, -0.2) is 33.8 Å². The van der Waals surface area contributed by atoms with Crippen LogP contribution in [-0.2, 0) is 0 Å². The van der Waals surface area contributed by atoms with Gasteiger partial charge in [0.1, 0.15) is 0 Å². The predicted molar refractivity (Wildman–Crippen MR) is 132 cm³/mol. The molecule has 0 saturated heterocycles. The molecular weight excluding hydrogens is 513 g/mol. The van der Waals surface area contributed by atoms with Crippen molar-refractivity contribution >= 4 is 24.2 Å². The fourth-order valence-electron chi connectivity index (χ4n) is 2.76. The number of allylic oxidation sites excluding steroid dienone is 12. The second kappa shape index (κ2) is 12.4. The molecule has 0 heterocycles. The molecule has 0 bridgehead atoms. The zero-order chi connectivity index (χ0) is 20.7. The smallest absolute Gasteiger partial charge is 0.274 e. The van der Waals surface area contributed by atoms with Gasteiger partial charge in [-0.15, -0.1) is 19.3 Å². The van der Waals surface area contributed by atoms with Gasteiger partial charge in [-0.3, -0.25) is 18.2 Å². The van der Waals surface area contributed by atoms with Crippen LogP contribution < -0.4 is 0 Å². The van der Waals surface area contributed by atoms with Crippen LogP contribution in [0.25, 0.3) is 0 Å². The van der Waals surface area contributed by atoms with E-state index in [2.05, 4.69) is 114 Å². The summed E-state index contributed by atoms with van der Waals surface area (Å²) in [4.78, 5) is 0. The van der Waals surface area contributed by atoms with Crippen LogP contribution in [0, 0.1) is 60.0 Å². The molecule has 3 aliphatic rings. The predicted octanol–water partition coefficient (Wildman–Crippen LogP) is 7.66. The second-order valence-corrected chi connectivity index (χ2v) is 25.5. The Morgan fingerprint density at radius 3 is 0.786 bits per heavy atom. The summed E-state index contributed by atoms with van der Waals surface area (Å²) in [7, 11) is -3.02. The van der Waals surface area contributed by atoms with Crippen LogP contribution in [0.5, 0.6) is 0 Å². The molecule has 0 unspecified atom stereocenters. The molecule has 3 rings (SSSR count). The van der Waals surface area contributed by atoms with E-state index in [9.17, 15) is 0 Å². The molecule has 1 radical (unpaired) electrons. The first-order valence-electron chi connectivity index (χ1n) is 10.2. The minimum absolute atomic E-state index is 0. The van der Waals surface area contributed by atoms with E-state index in [-0.39, 0.29) is 41.7 Å². The third-order valence-electron chi connectivity index (χ3n) is 4.51. The summed E-state index contributed by atoms with van der Waals surface area (Å²) in [5.74, 6) is 0. The average molecular weight is 552 g/mol. The van der Waals surface area contributed by atoms with Gasteiger partial charge >= 0.3 is 41.7 Å².